The molecule has 0 aromatic carbocycles. The van der Waals surface area contributed by atoms with E-state index in [1.165, 1.54) is 16.2 Å². The normalized spacial score (nSPS) is 26.0. The highest BCUT2D eigenvalue weighted by atomic mass is 32.1. The van der Waals surface area contributed by atoms with Gasteiger partial charge < -0.3 is 14.7 Å². The molecule has 0 bridgehead atoms. The van der Waals surface area contributed by atoms with Crippen molar-refractivity contribution in [2.75, 3.05) is 13.2 Å². The number of thiazole rings is 1. The number of aliphatic carboxylic acids is 1. The zero-order chi connectivity index (χ0) is 14.8. The number of amides is 1. The van der Waals surface area contributed by atoms with Crippen LogP contribution in [0.4, 0.5) is 0 Å². The van der Waals surface area contributed by atoms with Gasteiger partial charge >= 0.3 is 5.97 Å². The van der Waals surface area contributed by atoms with Gasteiger partial charge in [0.1, 0.15) is 22.8 Å². The molecule has 2 fully saturated rings. The van der Waals surface area contributed by atoms with Gasteiger partial charge in [0, 0.05) is 18.5 Å². The fourth-order valence-corrected chi connectivity index (χ4v) is 3.76. The zero-order valence-electron chi connectivity index (χ0n) is 11.7. The Morgan fingerprint density at radius 3 is 2.90 bits per heavy atom. The number of ether oxygens (including phenoxy) is 1. The Bertz CT molecular complexity index is 539. The van der Waals surface area contributed by atoms with Crippen LogP contribution in [0.25, 0.3) is 0 Å². The van der Waals surface area contributed by atoms with Crippen LogP contribution in [0.3, 0.4) is 0 Å². The number of piperidine rings is 1. The van der Waals surface area contributed by atoms with Gasteiger partial charge in [0.2, 0.25) is 0 Å². The minimum atomic E-state index is -0.933. The Kier molecular flexibility index (Phi) is 4.21. The molecule has 1 aromatic rings. The van der Waals surface area contributed by atoms with Crippen molar-refractivity contribution in [3.05, 3.63) is 16.1 Å². The Balaban J connectivity index is 1.76. The maximum Gasteiger partial charge on any atom is 0.326 e. The van der Waals surface area contributed by atoms with Crippen LogP contribution in [-0.2, 0) is 9.53 Å². The second kappa shape index (κ2) is 6.11. The van der Waals surface area contributed by atoms with E-state index in [9.17, 15) is 14.7 Å². The Morgan fingerprint density at radius 1 is 1.33 bits per heavy atom. The summed E-state index contributed by atoms with van der Waals surface area (Å²) in [6.07, 6.45) is 4.15. The van der Waals surface area contributed by atoms with E-state index in [1.54, 1.807) is 5.38 Å². The summed E-state index contributed by atoms with van der Waals surface area (Å²) in [6.45, 7) is 1.23. The predicted molar refractivity (Wildman–Crippen MR) is 76.4 cm³/mol. The SMILES string of the molecule is O=C(O)C1CCCCN1C(=O)c1csc(C2CCCO2)n1. The molecule has 21 heavy (non-hydrogen) atoms. The summed E-state index contributed by atoms with van der Waals surface area (Å²) in [6, 6.07) is -0.723. The maximum absolute atomic E-state index is 12.5. The van der Waals surface area contributed by atoms with Gasteiger partial charge in [-0.25, -0.2) is 9.78 Å². The summed E-state index contributed by atoms with van der Waals surface area (Å²) in [7, 11) is 0. The molecule has 2 atom stereocenters. The van der Waals surface area contributed by atoms with Crippen LogP contribution in [0.5, 0.6) is 0 Å². The molecule has 0 radical (unpaired) electrons. The first-order valence-corrected chi connectivity index (χ1v) is 8.15. The summed E-state index contributed by atoms with van der Waals surface area (Å²) in [5, 5.41) is 11.8. The van der Waals surface area contributed by atoms with Gasteiger partial charge in [-0.15, -0.1) is 11.3 Å². The van der Waals surface area contributed by atoms with Crippen molar-refractivity contribution < 1.29 is 19.4 Å². The molecule has 1 aromatic heterocycles. The molecule has 114 valence electrons. The molecular weight excluding hydrogens is 292 g/mol. The summed E-state index contributed by atoms with van der Waals surface area (Å²) >= 11 is 1.42. The van der Waals surface area contributed by atoms with Gasteiger partial charge in [-0.2, -0.15) is 0 Å². The zero-order valence-corrected chi connectivity index (χ0v) is 12.5. The Labute approximate surface area is 126 Å². The molecule has 1 amide bonds. The number of nitrogens with zero attached hydrogens (tertiary/aromatic N) is 2. The van der Waals surface area contributed by atoms with Gasteiger partial charge in [0.05, 0.1) is 0 Å². The highest BCUT2D eigenvalue weighted by Crippen LogP contribution is 2.31. The molecule has 7 heteroatoms. The third-order valence-corrected chi connectivity index (χ3v) is 4.93. The molecule has 6 nitrogen and oxygen atoms in total. The molecule has 0 aliphatic carbocycles. The number of aromatic nitrogens is 1. The summed E-state index contributed by atoms with van der Waals surface area (Å²) in [5.74, 6) is -1.21. The number of carboxylic acids is 1. The second-order valence-corrected chi connectivity index (χ2v) is 6.31. The number of carbonyl (C=O) groups is 2. The molecule has 2 aliphatic heterocycles. The average Bonchev–Trinajstić information content (AvgIpc) is 3.17. The number of likely N-dealkylation sites (tertiary alicyclic amines) is 1. The molecule has 2 saturated heterocycles. The number of hydrogen-bond acceptors (Lipinski definition) is 5. The fraction of sp³-hybridized carbons (Fsp3) is 0.643. The van der Waals surface area contributed by atoms with Crippen molar-refractivity contribution in [1.29, 1.82) is 0 Å². The monoisotopic (exact) mass is 310 g/mol. The Morgan fingerprint density at radius 2 is 2.19 bits per heavy atom. The lowest BCUT2D eigenvalue weighted by Gasteiger charge is -2.32. The lowest BCUT2D eigenvalue weighted by molar-refractivity contribution is -0.143. The number of hydrogen-bond donors (Lipinski definition) is 1. The summed E-state index contributed by atoms with van der Waals surface area (Å²) < 4.78 is 5.57. The summed E-state index contributed by atoms with van der Waals surface area (Å²) in [4.78, 5) is 29.6. The lowest BCUT2D eigenvalue weighted by atomic mass is 10.0. The number of carbonyl (C=O) groups excluding carboxylic acids is 1. The van der Waals surface area contributed by atoms with E-state index in [0.717, 1.165) is 37.3 Å². The minimum absolute atomic E-state index is 0.00632. The van der Waals surface area contributed by atoms with Gasteiger partial charge in [-0.05, 0) is 32.1 Å². The van der Waals surface area contributed by atoms with Crippen molar-refractivity contribution in [3.8, 4) is 0 Å². The largest absolute Gasteiger partial charge is 0.480 e. The van der Waals surface area contributed by atoms with Gasteiger partial charge in [0.25, 0.3) is 5.91 Å². The number of carboxylic acid groups (broad SMARTS) is 1. The van der Waals surface area contributed by atoms with Crippen LogP contribution in [0.2, 0.25) is 0 Å². The van der Waals surface area contributed by atoms with Crippen molar-refractivity contribution in [2.24, 2.45) is 0 Å². The van der Waals surface area contributed by atoms with Crippen molar-refractivity contribution in [1.82, 2.24) is 9.88 Å². The van der Waals surface area contributed by atoms with Crippen LogP contribution in [-0.4, -0.2) is 46.1 Å². The average molecular weight is 310 g/mol. The van der Waals surface area contributed by atoms with Gasteiger partial charge in [-0.1, -0.05) is 0 Å². The van der Waals surface area contributed by atoms with Crippen LogP contribution < -0.4 is 0 Å². The molecule has 0 spiro atoms. The van der Waals surface area contributed by atoms with E-state index in [-0.39, 0.29) is 12.0 Å². The van der Waals surface area contributed by atoms with Gasteiger partial charge in [0.15, 0.2) is 0 Å². The first-order chi connectivity index (χ1) is 10.2. The van der Waals surface area contributed by atoms with E-state index in [1.807, 2.05) is 0 Å². The fourth-order valence-electron chi connectivity index (χ4n) is 2.88. The van der Waals surface area contributed by atoms with E-state index in [2.05, 4.69) is 4.98 Å². The minimum Gasteiger partial charge on any atom is -0.480 e. The van der Waals surface area contributed by atoms with E-state index >= 15 is 0 Å². The van der Waals surface area contributed by atoms with E-state index < -0.39 is 12.0 Å². The standard InChI is InChI=1S/C14H18N2O4S/c17-13(16-6-2-1-4-10(16)14(18)19)9-8-21-12(15-9)11-5-3-7-20-11/h8,10-11H,1-7H2,(H,18,19). The van der Waals surface area contributed by atoms with E-state index in [0.29, 0.717) is 18.7 Å². The van der Waals surface area contributed by atoms with E-state index in [4.69, 9.17) is 4.74 Å². The van der Waals surface area contributed by atoms with Crippen molar-refractivity contribution in [2.45, 2.75) is 44.2 Å². The summed E-state index contributed by atoms with van der Waals surface area (Å²) in [5.41, 5.74) is 0.346. The van der Waals surface area contributed by atoms with Crippen LogP contribution in [0, 0.1) is 0 Å². The topological polar surface area (TPSA) is 79.7 Å². The third-order valence-electron chi connectivity index (χ3n) is 3.99. The van der Waals surface area contributed by atoms with Crippen molar-refractivity contribution >= 4 is 23.2 Å². The van der Waals surface area contributed by atoms with Crippen LogP contribution >= 0.6 is 11.3 Å². The molecule has 0 saturated carbocycles. The van der Waals surface area contributed by atoms with Crippen molar-refractivity contribution in [3.63, 3.8) is 0 Å². The second-order valence-electron chi connectivity index (χ2n) is 5.42. The first kappa shape index (κ1) is 14.5. The van der Waals surface area contributed by atoms with Crippen LogP contribution in [0.1, 0.15) is 53.7 Å². The molecule has 3 rings (SSSR count). The lowest BCUT2D eigenvalue weighted by Crippen LogP contribution is -2.48. The molecule has 3 heterocycles. The molecule has 2 unspecified atom stereocenters. The quantitative estimate of drug-likeness (QED) is 0.924. The third kappa shape index (κ3) is 2.94. The molecule has 2 aliphatic rings. The van der Waals surface area contributed by atoms with Crippen LogP contribution in [0.15, 0.2) is 5.38 Å². The molecular formula is C14H18N2O4S. The highest BCUT2D eigenvalue weighted by molar-refractivity contribution is 7.09. The predicted octanol–water partition coefficient (Wildman–Crippen LogP) is 2.07. The number of rotatable bonds is 3. The van der Waals surface area contributed by atoms with Gasteiger partial charge in [-0.3, -0.25) is 4.79 Å². The smallest absolute Gasteiger partial charge is 0.326 e. The highest BCUT2D eigenvalue weighted by Gasteiger charge is 2.34. The maximum atomic E-state index is 12.5. The molecule has 1 N–H and O–H groups in total. The first-order valence-electron chi connectivity index (χ1n) is 7.27. The Hall–Kier alpha value is -1.47.